The van der Waals surface area contributed by atoms with Crippen LogP contribution < -0.4 is 16.0 Å². The maximum atomic E-state index is 12.7. The number of halogens is 1. The maximum absolute atomic E-state index is 12.7. The topological polar surface area (TPSA) is 122 Å². The fraction of sp³-hybridized carbons (Fsp3) is 0.250. The number of amidine groups is 1. The van der Waals surface area contributed by atoms with Crippen molar-refractivity contribution in [3.63, 3.8) is 0 Å². The number of amides is 3. The van der Waals surface area contributed by atoms with Crippen molar-refractivity contribution in [3.05, 3.63) is 70.2 Å². The Kier molecular flexibility index (Phi) is 7.99. The van der Waals surface area contributed by atoms with Crippen LogP contribution in [0.2, 0.25) is 5.02 Å². The van der Waals surface area contributed by atoms with Crippen LogP contribution in [0.15, 0.2) is 64.6 Å². The van der Waals surface area contributed by atoms with Crippen molar-refractivity contribution in [2.24, 2.45) is 4.99 Å². The fourth-order valence-electron chi connectivity index (χ4n) is 3.57. The number of ether oxygens (including phenoxy) is 1. The number of fused-ring (bicyclic) bond motifs is 1. The first-order valence-corrected chi connectivity index (χ1v) is 13.3. The van der Waals surface area contributed by atoms with Gasteiger partial charge in [0, 0.05) is 17.3 Å². The highest BCUT2D eigenvalue weighted by molar-refractivity contribution is 8.18. The molecule has 0 unspecified atom stereocenters. The maximum Gasteiger partial charge on any atom is 0.414 e. The van der Waals surface area contributed by atoms with E-state index in [4.69, 9.17) is 16.3 Å². The second-order valence-corrected chi connectivity index (χ2v) is 11.7. The van der Waals surface area contributed by atoms with Gasteiger partial charge in [-0.3, -0.25) is 19.9 Å². The summed E-state index contributed by atoms with van der Waals surface area (Å²) in [5, 5.41) is 9.80. The predicted octanol–water partition coefficient (Wildman–Crippen LogP) is 6.02. The third-order valence-corrected chi connectivity index (χ3v) is 6.61. The zero-order valence-electron chi connectivity index (χ0n) is 22.1. The molecule has 0 aliphatic carbocycles. The van der Waals surface area contributed by atoms with Gasteiger partial charge in [-0.25, -0.2) is 9.79 Å². The minimum absolute atomic E-state index is 0.268. The Balaban J connectivity index is 1.48. The number of alkyl carbamates (subject to hydrolysis) is 1. The van der Waals surface area contributed by atoms with Crippen LogP contribution in [0.1, 0.15) is 40.2 Å². The van der Waals surface area contributed by atoms with Crippen LogP contribution in [-0.4, -0.2) is 39.2 Å². The van der Waals surface area contributed by atoms with Gasteiger partial charge in [-0.15, -0.1) is 0 Å². The fourth-order valence-corrected chi connectivity index (χ4v) is 4.57. The van der Waals surface area contributed by atoms with E-state index in [0.29, 0.717) is 26.5 Å². The Labute approximate surface area is 235 Å². The van der Waals surface area contributed by atoms with Gasteiger partial charge in [0.15, 0.2) is 5.17 Å². The van der Waals surface area contributed by atoms with Crippen molar-refractivity contribution in [3.8, 4) is 0 Å². The lowest BCUT2D eigenvalue weighted by atomic mass is 10.0. The van der Waals surface area contributed by atoms with E-state index in [1.165, 1.54) is 11.8 Å². The lowest BCUT2D eigenvalue weighted by Gasteiger charge is -2.27. The second kappa shape index (κ2) is 11.1. The smallest absolute Gasteiger partial charge is 0.414 e. The molecular formula is C28H28ClN5O4S. The van der Waals surface area contributed by atoms with Crippen molar-refractivity contribution in [2.75, 3.05) is 5.32 Å². The third-order valence-electron chi connectivity index (χ3n) is 5.38. The highest BCUT2D eigenvalue weighted by atomic mass is 35.5. The van der Waals surface area contributed by atoms with Crippen LogP contribution in [0, 0.1) is 0 Å². The zero-order valence-corrected chi connectivity index (χ0v) is 23.7. The van der Waals surface area contributed by atoms with E-state index in [-0.39, 0.29) is 5.91 Å². The van der Waals surface area contributed by atoms with Crippen LogP contribution in [0.25, 0.3) is 17.0 Å². The minimum Gasteiger partial charge on any atom is -0.444 e. The van der Waals surface area contributed by atoms with E-state index in [1.807, 2.05) is 30.3 Å². The molecule has 1 aliphatic rings. The van der Waals surface area contributed by atoms with Crippen LogP contribution in [-0.2, 0) is 14.3 Å². The molecule has 39 heavy (non-hydrogen) atoms. The highest BCUT2D eigenvalue weighted by Crippen LogP contribution is 2.33. The van der Waals surface area contributed by atoms with Gasteiger partial charge in [0.05, 0.1) is 21.1 Å². The molecule has 0 saturated carbocycles. The summed E-state index contributed by atoms with van der Waals surface area (Å²) in [6.45, 7) is 8.38. The number of imide groups is 1. The number of pyridine rings is 1. The Morgan fingerprint density at radius 1 is 1.10 bits per heavy atom. The van der Waals surface area contributed by atoms with Gasteiger partial charge in [0.1, 0.15) is 11.1 Å². The number of carbonyl (C=O) groups excluding carboxylic acids is 3. The first-order chi connectivity index (χ1) is 18.3. The number of hydrogen-bond acceptors (Lipinski definition) is 8. The standard InChI is InChI=1S/C28H28ClN5O4S/c1-27(2,3)38-26(37)33-24(36)28(4,5)34-18-9-10-19(29)21(15-18)31-25-32-23(35)22(39-25)14-16-8-11-20-17(13-16)7-6-12-30-20/h6-15,34H,1-5H3,(H,31,32,35)(H,33,36,37)/b22-14+. The number of rotatable bonds is 5. The van der Waals surface area contributed by atoms with Gasteiger partial charge in [-0.1, -0.05) is 23.7 Å². The second-order valence-electron chi connectivity index (χ2n) is 10.3. The number of benzene rings is 2. The number of anilines is 1. The van der Waals surface area contributed by atoms with E-state index in [2.05, 4.69) is 25.9 Å². The summed E-state index contributed by atoms with van der Waals surface area (Å²) in [5.41, 5.74) is 0.770. The summed E-state index contributed by atoms with van der Waals surface area (Å²) >= 11 is 7.58. The van der Waals surface area contributed by atoms with Gasteiger partial charge in [-0.05, 0) is 94.4 Å². The molecule has 1 aliphatic heterocycles. The molecule has 1 saturated heterocycles. The van der Waals surface area contributed by atoms with Crippen molar-refractivity contribution in [1.82, 2.24) is 15.6 Å². The molecule has 2 aromatic carbocycles. The van der Waals surface area contributed by atoms with Crippen LogP contribution >= 0.6 is 23.4 Å². The average Bonchev–Trinajstić information content (AvgIpc) is 3.18. The van der Waals surface area contributed by atoms with E-state index in [0.717, 1.165) is 16.5 Å². The molecule has 9 nitrogen and oxygen atoms in total. The third kappa shape index (κ3) is 7.36. The number of thioether (sulfide) groups is 1. The van der Waals surface area contributed by atoms with Gasteiger partial charge in [0.2, 0.25) is 0 Å². The van der Waals surface area contributed by atoms with Crippen molar-refractivity contribution >= 4 is 74.8 Å². The number of nitrogens with one attached hydrogen (secondary N) is 3. The SMILES string of the molecule is CC(C)(C)OC(=O)NC(=O)C(C)(C)Nc1ccc(Cl)c(N=C2NC(=O)/C(=C\c3ccc4ncccc4c3)S2)c1. The summed E-state index contributed by atoms with van der Waals surface area (Å²) in [7, 11) is 0. The quantitative estimate of drug-likeness (QED) is 0.323. The molecular weight excluding hydrogens is 538 g/mol. The molecule has 0 spiro atoms. The zero-order chi connectivity index (χ0) is 28.4. The van der Waals surface area contributed by atoms with Crippen LogP contribution in [0.5, 0.6) is 0 Å². The van der Waals surface area contributed by atoms with Crippen LogP contribution in [0.3, 0.4) is 0 Å². The molecule has 3 aromatic rings. The molecule has 2 heterocycles. The first kappa shape index (κ1) is 28.1. The van der Waals surface area contributed by atoms with E-state index >= 15 is 0 Å². The van der Waals surface area contributed by atoms with Crippen molar-refractivity contribution in [1.29, 1.82) is 0 Å². The molecule has 3 amide bonds. The highest BCUT2D eigenvalue weighted by Gasteiger charge is 2.31. The summed E-state index contributed by atoms with van der Waals surface area (Å²) in [5.74, 6) is -0.840. The molecule has 11 heteroatoms. The van der Waals surface area contributed by atoms with Crippen molar-refractivity contribution < 1.29 is 19.1 Å². The molecule has 3 N–H and O–H groups in total. The van der Waals surface area contributed by atoms with Crippen molar-refractivity contribution in [2.45, 2.75) is 45.8 Å². The van der Waals surface area contributed by atoms with Gasteiger partial charge in [0.25, 0.3) is 11.8 Å². The molecule has 0 bridgehead atoms. The lowest BCUT2D eigenvalue weighted by Crippen LogP contribution is -2.50. The Morgan fingerprint density at radius 3 is 2.62 bits per heavy atom. The number of hydrogen-bond donors (Lipinski definition) is 3. The van der Waals surface area contributed by atoms with E-state index in [9.17, 15) is 14.4 Å². The normalized spacial score (nSPS) is 15.9. The largest absolute Gasteiger partial charge is 0.444 e. The molecule has 4 rings (SSSR count). The molecule has 1 aromatic heterocycles. The average molecular weight is 566 g/mol. The minimum atomic E-state index is -1.17. The lowest BCUT2D eigenvalue weighted by molar-refractivity contribution is -0.124. The van der Waals surface area contributed by atoms with Gasteiger partial charge >= 0.3 is 6.09 Å². The summed E-state index contributed by atoms with van der Waals surface area (Å²) in [4.78, 5) is 46.7. The predicted molar refractivity (Wildman–Crippen MR) is 156 cm³/mol. The van der Waals surface area contributed by atoms with Gasteiger partial charge < -0.3 is 15.4 Å². The molecule has 1 fully saturated rings. The summed E-state index contributed by atoms with van der Waals surface area (Å²) < 4.78 is 5.16. The first-order valence-electron chi connectivity index (χ1n) is 12.1. The van der Waals surface area contributed by atoms with Gasteiger partial charge in [-0.2, -0.15) is 0 Å². The van der Waals surface area contributed by atoms with E-state index in [1.54, 1.807) is 65.1 Å². The Morgan fingerprint density at radius 2 is 1.87 bits per heavy atom. The summed E-state index contributed by atoms with van der Waals surface area (Å²) in [6, 6.07) is 14.6. The Bertz CT molecular complexity index is 1530. The number of carbonyl (C=O) groups is 3. The Hall–Kier alpha value is -3.89. The molecule has 0 atom stereocenters. The molecule has 0 radical (unpaired) electrons. The van der Waals surface area contributed by atoms with E-state index < -0.39 is 23.1 Å². The van der Waals surface area contributed by atoms with Crippen LogP contribution in [0.4, 0.5) is 16.2 Å². The number of nitrogens with zero attached hydrogens (tertiary/aromatic N) is 2. The monoisotopic (exact) mass is 565 g/mol. The molecule has 202 valence electrons. The number of aliphatic imine (C=N–C) groups is 1. The summed E-state index contributed by atoms with van der Waals surface area (Å²) in [6.07, 6.45) is 2.70. The number of aromatic nitrogens is 1.